The van der Waals surface area contributed by atoms with Crippen LogP contribution >= 0.6 is 0 Å². The smallest absolute Gasteiger partial charge is 0.191 e. The van der Waals surface area contributed by atoms with Crippen LogP contribution < -0.4 is 4.72 Å². The van der Waals surface area contributed by atoms with Crippen LogP contribution in [-0.4, -0.2) is 29.7 Å². The van der Waals surface area contributed by atoms with E-state index in [4.69, 9.17) is 4.42 Å². The molecule has 7 nitrogen and oxygen atoms in total. The molecule has 0 saturated carbocycles. The molecule has 2 unspecified atom stereocenters. The van der Waals surface area contributed by atoms with Crippen molar-refractivity contribution in [1.29, 1.82) is 0 Å². The Labute approximate surface area is 193 Å². The van der Waals surface area contributed by atoms with Crippen LogP contribution in [0.2, 0.25) is 0 Å². The topological polar surface area (TPSA) is 98.0 Å². The summed E-state index contributed by atoms with van der Waals surface area (Å²) in [4.78, 5) is 25.1. The molecule has 0 amide bonds. The van der Waals surface area contributed by atoms with Crippen molar-refractivity contribution in [3.05, 3.63) is 65.4 Å². The molecule has 176 valence electrons. The maximum Gasteiger partial charge on any atom is 0.191 e. The molecule has 0 fully saturated rings. The molecule has 0 saturated heterocycles. The molecule has 2 heterocycles. The van der Waals surface area contributed by atoms with Crippen molar-refractivity contribution in [2.45, 2.75) is 58.2 Å². The Kier molecular flexibility index (Phi) is 6.90. The van der Waals surface area contributed by atoms with Gasteiger partial charge in [0, 0.05) is 48.5 Å². The van der Waals surface area contributed by atoms with Gasteiger partial charge in [-0.25, -0.2) is 32.7 Å². The van der Waals surface area contributed by atoms with Crippen molar-refractivity contribution >= 4 is 16.8 Å². The summed E-state index contributed by atoms with van der Waals surface area (Å²) in [6, 6.07) is 2.04. The normalized spacial score (nSPS) is 14.7. The van der Waals surface area contributed by atoms with Gasteiger partial charge in [-0.3, -0.25) is 4.79 Å². The predicted molar refractivity (Wildman–Crippen MR) is 121 cm³/mol. The van der Waals surface area contributed by atoms with Crippen molar-refractivity contribution in [3.63, 3.8) is 0 Å². The Morgan fingerprint density at radius 3 is 2.27 bits per heavy atom. The fourth-order valence-corrected chi connectivity index (χ4v) is 4.27. The van der Waals surface area contributed by atoms with E-state index < -0.39 is 38.7 Å². The van der Waals surface area contributed by atoms with Crippen LogP contribution in [0, 0.1) is 25.5 Å². The van der Waals surface area contributed by atoms with Crippen molar-refractivity contribution in [1.82, 2.24) is 19.7 Å². The number of halogens is 2. The first-order valence-electron chi connectivity index (χ1n) is 10.2. The van der Waals surface area contributed by atoms with Crippen LogP contribution in [0.1, 0.15) is 61.8 Å². The number of nitrogens with one attached hydrogen (secondary N) is 1. The second-order valence-corrected chi connectivity index (χ2v) is 11.0. The Bertz CT molecular complexity index is 1210. The number of hydrogen-bond donors (Lipinski definition) is 1. The number of rotatable bonds is 7. The van der Waals surface area contributed by atoms with Gasteiger partial charge < -0.3 is 4.42 Å². The van der Waals surface area contributed by atoms with E-state index in [2.05, 4.69) is 19.7 Å². The molecule has 2 atom stereocenters. The van der Waals surface area contributed by atoms with E-state index in [1.54, 1.807) is 41.5 Å². The molecular weight excluding hydrogens is 450 g/mol. The third kappa shape index (κ3) is 5.39. The van der Waals surface area contributed by atoms with Gasteiger partial charge in [0.2, 0.25) is 0 Å². The fraction of sp³-hybridized carbons (Fsp3) is 0.391. The summed E-state index contributed by atoms with van der Waals surface area (Å²) in [6.45, 7) is 10.0. The van der Waals surface area contributed by atoms with E-state index in [0.29, 0.717) is 17.2 Å². The van der Waals surface area contributed by atoms with Gasteiger partial charge in [-0.15, -0.1) is 0 Å². The Morgan fingerprint density at radius 1 is 1.09 bits per heavy atom. The van der Waals surface area contributed by atoms with Crippen LogP contribution in [0.4, 0.5) is 8.78 Å². The zero-order valence-corrected chi connectivity index (χ0v) is 20.1. The Hall–Kier alpha value is -2.85. The number of carbonyl (C=O) groups excluding carboxylic acids is 1. The molecular formula is C23H26F2N4O3S. The quantitative estimate of drug-likeness (QED) is 0.502. The highest BCUT2D eigenvalue weighted by Crippen LogP contribution is 2.35. The first-order valence-corrected chi connectivity index (χ1v) is 11.4. The summed E-state index contributed by atoms with van der Waals surface area (Å²) >= 11 is 0. The van der Waals surface area contributed by atoms with Crippen LogP contribution in [-0.2, 0) is 16.5 Å². The van der Waals surface area contributed by atoms with Crippen LogP contribution in [0.3, 0.4) is 0 Å². The summed E-state index contributed by atoms with van der Waals surface area (Å²) < 4.78 is 50.4. The number of aryl methyl sites for hydroxylation is 2. The third-order valence-corrected chi connectivity index (χ3v) is 6.83. The van der Waals surface area contributed by atoms with E-state index in [0.717, 1.165) is 6.07 Å². The molecule has 1 N–H and O–H groups in total. The lowest BCUT2D eigenvalue weighted by atomic mass is 9.85. The maximum atomic E-state index is 15.2. The minimum Gasteiger partial charge on any atom is -0.446 e. The summed E-state index contributed by atoms with van der Waals surface area (Å²) in [5, 5.41) is 0. The lowest BCUT2D eigenvalue weighted by molar-refractivity contribution is 0.0943. The van der Waals surface area contributed by atoms with Gasteiger partial charge in [0.1, 0.15) is 29.4 Å². The van der Waals surface area contributed by atoms with Crippen LogP contribution in [0.5, 0.6) is 0 Å². The molecule has 0 radical (unpaired) electrons. The number of Topliss-reactive ketones (excluding diaryl/α,β-unsaturated/α-hetero) is 1. The zero-order chi connectivity index (χ0) is 24.6. The van der Waals surface area contributed by atoms with Crippen molar-refractivity contribution in [3.8, 4) is 11.1 Å². The minimum atomic E-state index is -1.68. The van der Waals surface area contributed by atoms with Gasteiger partial charge in [0.05, 0.1) is 21.3 Å². The highest BCUT2D eigenvalue weighted by atomic mass is 32.2. The van der Waals surface area contributed by atoms with E-state index in [9.17, 15) is 13.4 Å². The van der Waals surface area contributed by atoms with Gasteiger partial charge in [-0.1, -0.05) is 0 Å². The highest BCUT2D eigenvalue weighted by Gasteiger charge is 2.38. The molecule has 2 aromatic heterocycles. The average molecular weight is 477 g/mol. The zero-order valence-electron chi connectivity index (χ0n) is 19.3. The molecule has 10 heteroatoms. The number of oxazole rings is 1. The number of nitrogens with zero attached hydrogens (tertiary/aromatic N) is 3. The first kappa shape index (κ1) is 24.8. The van der Waals surface area contributed by atoms with E-state index in [1.807, 2.05) is 0 Å². The summed E-state index contributed by atoms with van der Waals surface area (Å²) in [5.41, 5.74) is -0.975. The van der Waals surface area contributed by atoms with Crippen LogP contribution in [0.25, 0.3) is 11.1 Å². The lowest BCUT2D eigenvalue weighted by Crippen LogP contribution is -2.48. The predicted octanol–water partition coefficient (Wildman–Crippen LogP) is 4.57. The number of ketones is 1. The lowest BCUT2D eigenvalue weighted by Gasteiger charge is -2.34. The van der Waals surface area contributed by atoms with Crippen LogP contribution in [0.15, 0.2) is 35.3 Å². The van der Waals surface area contributed by atoms with Gasteiger partial charge >= 0.3 is 0 Å². The second-order valence-electron chi connectivity index (χ2n) is 8.99. The molecule has 0 aliphatic rings. The maximum absolute atomic E-state index is 15.2. The van der Waals surface area contributed by atoms with Gasteiger partial charge in [0.25, 0.3) is 0 Å². The molecule has 33 heavy (non-hydrogen) atoms. The molecule has 3 rings (SSSR count). The number of hydrogen-bond acceptors (Lipinski definition) is 6. The Morgan fingerprint density at radius 2 is 1.73 bits per heavy atom. The number of benzene rings is 1. The highest BCUT2D eigenvalue weighted by molar-refractivity contribution is 7.84. The standard InChI is InChI=1S/C23H26F2N4O3S/c1-13-21(28-14(2)32-13)20(30)9-23(6,29-33(31)22(3,4)5)17-7-16(18(24)8-19(17)25)15-10-26-12-27-11-15/h7-8,10-12,29H,9H2,1-6H3. The van der Waals surface area contributed by atoms with E-state index in [-0.39, 0.29) is 23.2 Å². The van der Waals surface area contributed by atoms with E-state index in [1.165, 1.54) is 24.8 Å². The molecule has 3 aromatic rings. The Balaban J connectivity index is 2.14. The molecule has 0 aliphatic heterocycles. The fourth-order valence-electron chi connectivity index (χ4n) is 3.37. The summed E-state index contributed by atoms with van der Waals surface area (Å²) in [6.07, 6.45) is 3.80. The summed E-state index contributed by atoms with van der Waals surface area (Å²) in [7, 11) is -1.68. The number of carbonyl (C=O) groups is 1. The number of aromatic nitrogens is 3. The second kappa shape index (κ2) is 9.18. The largest absolute Gasteiger partial charge is 0.446 e. The molecule has 0 bridgehead atoms. The molecule has 0 spiro atoms. The molecule has 0 aliphatic carbocycles. The van der Waals surface area contributed by atoms with Crippen molar-refractivity contribution in [2.24, 2.45) is 0 Å². The van der Waals surface area contributed by atoms with Gasteiger partial charge in [0.15, 0.2) is 11.7 Å². The minimum absolute atomic E-state index is 0.0217. The van der Waals surface area contributed by atoms with E-state index >= 15 is 4.39 Å². The van der Waals surface area contributed by atoms with Crippen molar-refractivity contribution < 1.29 is 22.2 Å². The first-order chi connectivity index (χ1) is 15.3. The monoisotopic (exact) mass is 476 g/mol. The SMILES string of the molecule is Cc1nc(C(=O)CC(C)(NS(=O)C(C)(C)C)c2cc(-c3cncnc3)c(F)cc2F)c(C)o1. The van der Waals surface area contributed by atoms with Gasteiger partial charge in [-0.05, 0) is 40.7 Å². The summed E-state index contributed by atoms with van der Waals surface area (Å²) in [5.74, 6) is -1.46. The van der Waals surface area contributed by atoms with Gasteiger partial charge in [-0.2, -0.15) is 0 Å². The van der Waals surface area contributed by atoms with Crippen molar-refractivity contribution in [2.75, 3.05) is 0 Å². The average Bonchev–Trinajstić information content (AvgIpc) is 3.06. The third-order valence-electron chi connectivity index (χ3n) is 5.08. The molecule has 1 aromatic carbocycles.